The molecule has 0 aromatic heterocycles. The zero-order chi connectivity index (χ0) is 18.8. The third-order valence-corrected chi connectivity index (χ3v) is 5.41. The van der Waals surface area contributed by atoms with E-state index in [0.717, 1.165) is 0 Å². The lowest BCUT2D eigenvalue weighted by molar-refractivity contribution is -0.142. The fourth-order valence-corrected chi connectivity index (χ4v) is 3.49. The van der Waals surface area contributed by atoms with E-state index in [4.69, 9.17) is 0 Å². The van der Waals surface area contributed by atoms with Crippen molar-refractivity contribution >= 4 is 27.9 Å². The fourth-order valence-electron chi connectivity index (χ4n) is 2.34. The van der Waals surface area contributed by atoms with Crippen molar-refractivity contribution in [1.29, 1.82) is 0 Å². The van der Waals surface area contributed by atoms with E-state index in [1.807, 2.05) is 0 Å². The van der Waals surface area contributed by atoms with Gasteiger partial charge in [0.15, 0.2) is 6.04 Å². The van der Waals surface area contributed by atoms with Gasteiger partial charge in [0.1, 0.15) is 11.8 Å². The van der Waals surface area contributed by atoms with E-state index < -0.39 is 40.0 Å². The highest BCUT2D eigenvalue weighted by Gasteiger charge is 2.43. The topological polar surface area (TPSA) is 153 Å². The van der Waals surface area contributed by atoms with Gasteiger partial charge in [0, 0.05) is 0 Å². The number of urea groups is 1. The number of benzene rings is 1. The van der Waals surface area contributed by atoms with E-state index >= 15 is 0 Å². The van der Waals surface area contributed by atoms with Crippen LogP contribution < -0.4 is 10.6 Å². The number of hydrogen-bond acceptors (Lipinski definition) is 6. The summed E-state index contributed by atoms with van der Waals surface area (Å²) in [5.74, 6) is -2.76. The van der Waals surface area contributed by atoms with Gasteiger partial charge in [-0.25, -0.2) is 22.3 Å². The molecule has 2 atom stereocenters. The molecule has 2 unspecified atom stereocenters. The number of carbonyl (C=O) groups excluding carboxylic acids is 2. The molecule has 0 radical (unpaired) electrons. The zero-order valence-electron chi connectivity index (χ0n) is 13.2. The Hall–Kier alpha value is -2.82. The van der Waals surface area contributed by atoms with Crippen LogP contribution in [0.1, 0.15) is 18.5 Å². The zero-order valence-corrected chi connectivity index (χ0v) is 14.0. The number of sulfonamides is 1. The predicted octanol–water partition coefficient (Wildman–Crippen LogP) is -0.622. The first-order valence-electron chi connectivity index (χ1n) is 7.29. The summed E-state index contributed by atoms with van der Waals surface area (Å²) in [5.41, 5.74) is 0.181. The first kappa shape index (κ1) is 18.5. The highest BCUT2D eigenvalue weighted by Crippen LogP contribution is 2.19. The molecule has 25 heavy (non-hydrogen) atoms. The maximum absolute atomic E-state index is 12.4. The Morgan fingerprint density at radius 2 is 1.96 bits per heavy atom. The van der Waals surface area contributed by atoms with Crippen molar-refractivity contribution in [1.82, 2.24) is 14.9 Å². The highest BCUT2D eigenvalue weighted by atomic mass is 32.2. The monoisotopic (exact) mass is 371 g/mol. The van der Waals surface area contributed by atoms with Gasteiger partial charge in [0.25, 0.3) is 0 Å². The Morgan fingerprint density at radius 3 is 2.48 bits per heavy atom. The van der Waals surface area contributed by atoms with Gasteiger partial charge in [-0.2, -0.15) is 0 Å². The Kier molecular flexibility index (Phi) is 5.16. The van der Waals surface area contributed by atoms with E-state index in [2.05, 4.69) is 10.6 Å². The second-order valence-corrected chi connectivity index (χ2v) is 7.40. The van der Waals surface area contributed by atoms with Gasteiger partial charge < -0.3 is 20.8 Å². The quantitative estimate of drug-likeness (QED) is 0.519. The lowest BCUT2D eigenvalue weighted by atomic mass is 10.1. The summed E-state index contributed by atoms with van der Waals surface area (Å²) < 4.78 is 24.4. The molecule has 1 fully saturated rings. The lowest BCUT2D eigenvalue weighted by Gasteiger charge is -2.23. The van der Waals surface area contributed by atoms with Gasteiger partial charge >= 0.3 is 12.0 Å². The summed E-state index contributed by atoms with van der Waals surface area (Å²) in [4.78, 5) is 35.6. The molecule has 1 heterocycles. The van der Waals surface area contributed by atoms with E-state index in [0.29, 0.717) is 4.31 Å². The van der Waals surface area contributed by atoms with Crippen LogP contribution in [0.4, 0.5) is 4.79 Å². The summed E-state index contributed by atoms with van der Waals surface area (Å²) in [7, 11) is -3.99. The van der Waals surface area contributed by atoms with Crippen molar-refractivity contribution in [2.24, 2.45) is 0 Å². The minimum Gasteiger partial charge on any atom is -0.508 e. The molecule has 10 nitrogen and oxygen atoms in total. The van der Waals surface area contributed by atoms with Gasteiger partial charge in [-0.15, -0.1) is 0 Å². The molecule has 4 N–H and O–H groups in total. The summed E-state index contributed by atoms with van der Waals surface area (Å²) in [5, 5.41) is 23.1. The van der Waals surface area contributed by atoms with Gasteiger partial charge in [-0.1, -0.05) is 12.1 Å². The third-order valence-electron chi connectivity index (χ3n) is 3.66. The van der Waals surface area contributed by atoms with Crippen LogP contribution in [0.3, 0.4) is 0 Å². The van der Waals surface area contributed by atoms with E-state index in [9.17, 15) is 33.0 Å². The Labute approximate surface area is 143 Å². The number of nitrogens with zero attached hydrogens (tertiary/aromatic N) is 1. The lowest BCUT2D eigenvalue weighted by Crippen LogP contribution is -2.50. The molecule has 0 bridgehead atoms. The summed E-state index contributed by atoms with van der Waals surface area (Å²) in [6.45, 7) is 1.07. The molecule has 136 valence electrons. The number of carboxylic acids is 1. The molecule has 0 aliphatic carbocycles. The standard InChI is InChI=1S/C14H17N3O7S/c1-2-25(23,24)17-10(7-15-14(17)22)12(19)16-11(13(20)21)8-3-5-9(18)6-4-8/h3-6,10-11,18H,2,7H2,1H3,(H,15,22)(H,16,19)(H,20,21). The van der Waals surface area contributed by atoms with Gasteiger partial charge in [0.05, 0.1) is 12.3 Å². The normalized spacial score (nSPS) is 18.5. The first-order chi connectivity index (χ1) is 11.7. The summed E-state index contributed by atoms with van der Waals surface area (Å²) in [6.07, 6.45) is 0. The van der Waals surface area contributed by atoms with Crippen molar-refractivity contribution in [3.05, 3.63) is 29.8 Å². The van der Waals surface area contributed by atoms with Crippen LogP contribution in [0.15, 0.2) is 24.3 Å². The molecular weight excluding hydrogens is 354 g/mol. The molecule has 1 aliphatic rings. The smallest absolute Gasteiger partial charge is 0.331 e. The van der Waals surface area contributed by atoms with Crippen LogP contribution >= 0.6 is 0 Å². The number of aliphatic carboxylic acids is 1. The predicted molar refractivity (Wildman–Crippen MR) is 85.1 cm³/mol. The summed E-state index contributed by atoms with van der Waals surface area (Å²) in [6, 6.07) is 1.36. The number of amides is 3. The number of aromatic hydroxyl groups is 1. The molecule has 1 aliphatic heterocycles. The van der Waals surface area contributed by atoms with Crippen molar-refractivity contribution in [3.8, 4) is 5.75 Å². The number of carbonyl (C=O) groups is 3. The van der Waals surface area contributed by atoms with Crippen molar-refractivity contribution in [2.45, 2.75) is 19.0 Å². The molecular formula is C14H17N3O7S. The molecule has 11 heteroatoms. The molecule has 0 saturated carbocycles. The number of phenolic OH excluding ortho intramolecular Hbond substituents is 1. The van der Waals surface area contributed by atoms with Gasteiger partial charge in [-0.3, -0.25) is 4.79 Å². The van der Waals surface area contributed by atoms with Crippen LogP contribution in [0.25, 0.3) is 0 Å². The van der Waals surface area contributed by atoms with Crippen LogP contribution in [-0.4, -0.2) is 59.2 Å². The Bertz CT molecular complexity index is 791. The fraction of sp³-hybridized carbons (Fsp3) is 0.357. The average Bonchev–Trinajstić information content (AvgIpc) is 2.95. The second kappa shape index (κ2) is 6.97. The van der Waals surface area contributed by atoms with Crippen LogP contribution in [0.2, 0.25) is 0 Å². The molecule has 1 aromatic rings. The molecule has 0 spiro atoms. The highest BCUT2D eigenvalue weighted by molar-refractivity contribution is 7.89. The maximum atomic E-state index is 12.4. The number of hydrogen-bond donors (Lipinski definition) is 4. The van der Waals surface area contributed by atoms with Crippen molar-refractivity contribution in [2.75, 3.05) is 12.3 Å². The molecule has 3 amide bonds. The SMILES string of the molecule is CCS(=O)(=O)N1C(=O)NCC1C(=O)NC(C(=O)O)c1ccc(O)cc1. The van der Waals surface area contributed by atoms with E-state index in [1.165, 1.54) is 31.2 Å². The molecule has 2 rings (SSSR count). The molecule has 1 aromatic carbocycles. The Balaban J connectivity index is 2.25. The summed E-state index contributed by atoms with van der Waals surface area (Å²) >= 11 is 0. The van der Waals surface area contributed by atoms with Crippen LogP contribution in [0, 0.1) is 0 Å². The molecule has 1 saturated heterocycles. The van der Waals surface area contributed by atoms with Crippen molar-refractivity contribution in [3.63, 3.8) is 0 Å². The van der Waals surface area contributed by atoms with E-state index in [-0.39, 0.29) is 23.6 Å². The minimum atomic E-state index is -3.99. The van der Waals surface area contributed by atoms with Crippen LogP contribution in [-0.2, 0) is 19.6 Å². The van der Waals surface area contributed by atoms with Crippen molar-refractivity contribution < 1.29 is 33.0 Å². The maximum Gasteiger partial charge on any atom is 0.331 e. The van der Waals surface area contributed by atoms with Gasteiger partial charge in [0.2, 0.25) is 15.9 Å². The third kappa shape index (κ3) is 3.82. The Morgan fingerprint density at radius 1 is 1.36 bits per heavy atom. The van der Waals surface area contributed by atoms with Gasteiger partial charge in [-0.05, 0) is 24.6 Å². The van der Waals surface area contributed by atoms with E-state index in [1.54, 1.807) is 0 Å². The average molecular weight is 371 g/mol. The number of rotatable bonds is 6. The second-order valence-electron chi connectivity index (χ2n) is 5.27. The first-order valence-corrected chi connectivity index (χ1v) is 8.90. The number of nitrogens with one attached hydrogen (secondary N) is 2. The minimum absolute atomic E-state index is 0.0787. The van der Waals surface area contributed by atoms with Crippen LogP contribution in [0.5, 0.6) is 5.75 Å². The largest absolute Gasteiger partial charge is 0.508 e. The number of carboxylic acid groups (broad SMARTS) is 1. The number of phenols is 1.